The van der Waals surface area contributed by atoms with Crippen LogP contribution in [0, 0.1) is 0 Å². The third kappa shape index (κ3) is 4.59. The number of rotatable bonds is 4. The Labute approximate surface area is 131 Å². The first-order valence-electron chi connectivity index (χ1n) is 6.99. The highest BCUT2D eigenvalue weighted by Gasteiger charge is 2.39. The molecule has 2 rings (SSSR count). The van der Waals surface area contributed by atoms with Gasteiger partial charge in [-0.3, -0.25) is 0 Å². The van der Waals surface area contributed by atoms with Crippen molar-refractivity contribution in [3.8, 4) is 0 Å². The van der Waals surface area contributed by atoms with E-state index in [9.17, 15) is 18.0 Å². The molecule has 0 heterocycles. The minimum atomic E-state index is -4.74. The fourth-order valence-corrected chi connectivity index (χ4v) is 2.11. The van der Waals surface area contributed by atoms with Crippen molar-refractivity contribution in [2.45, 2.75) is 18.8 Å². The lowest BCUT2D eigenvalue weighted by Crippen LogP contribution is -2.45. The molecule has 0 aliphatic heterocycles. The summed E-state index contributed by atoms with van der Waals surface area (Å²) < 4.78 is 36.8. The van der Waals surface area contributed by atoms with E-state index in [1.807, 2.05) is 42.5 Å². The zero-order chi connectivity index (χ0) is 17.0. The third-order valence-electron chi connectivity index (χ3n) is 3.43. The number of halogens is 3. The molecule has 2 aromatic rings. The molecular formula is C16H17F3N2O2. The fourth-order valence-electron chi connectivity index (χ4n) is 2.11. The molecule has 0 fully saturated rings. The van der Waals surface area contributed by atoms with Crippen LogP contribution in [0.2, 0.25) is 0 Å². The summed E-state index contributed by atoms with van der Waals surface area (Å²) in [5.41, 5.74) is 0.835. The van der Waals surface area contributed by atoms with Crippen molar-refractivity contribution in [3.05, 3.63) is 48.0 Å². The van der Waals surface area contributed by atoms with Gasteiger partial charge in [-0.25, -0.2) is 4.79 Å². The van der Waals surface area contributed by atoms with Crippen LogP contribution in [0.3, 0.4) is 0 Å². The van der Waals surface area contributed by atoms with Crippen LogP contribution < -0.4 is 5.32 Å². The van der Waals surface area contributed by atoms with E-state index in [2.05, 4.69) is 5.32 Å². The quantitative estimate of drug-likeness (QED) is 0.908. The Hall–Kier alpha value is -2.28. The van der Waals surface area contributed by atoms with Crippen molar-refractivity contribution in [1.29, 1.82) is 0 Å². The molecule has 124 valence electrons. The van der Waals surface area contributed by atoms with E-state index in [-0.39, 0.29) is 6.54 Å². The molecule has 1 atom stereocenters. The Kier molecular flexibility index (Phi) is 5.10. The SMILES string of the molecule is CN(CC(O)C(F)(F)F)C(=O)NCc1ccc2ccccc2c1. The third-order valence-corrected chi connectivity index (χ3v) is 3.43. The van der Waals surface area contributed by atoms with Gasteiger partial charge in [-0.2, -0.15) is 13.2 Å². The molecule has 0 aromatic heterocycles. The van der Waals surface area contributed by atoms with Gasteiger partial charge in [0.25, 0.3) is 0 Å². The summed E-state index contributed by atoms with van der Waals surface area (Å²) in [5.74, 6) is 0. The minimum absolute atomic E-state index is 0.191. The molecule has 23 heavy (non-hydrogen) atoms. The largest absolute Gasteiger partial charge is 0.416 e. The van der Waals surface area contributed by atoms with Crippen LogP contribution in [0.15, 0.2) is 42.5 Å². The number of hydrogen-bond donors (Lipinski definition) is 2. The number of nitrogens with zero attached hydrogens (tertiary/aromatic N) is 1. The molecule has 0 spiro atoms. The summed E-state index contributed by atoms with van der Waals surface area (Å²) in [6.07, 6.45) is -7.30. The van der Waals surface area contributed by atoms with Crippen LogP contribution in [0.4, 0.5) is 18.0 Å². The molecule has 2 N–H and O–H groups in total. The van der Waals surface area contributed by atoms with Crippen LogP contribution in [0.5, 0.6) is 0 Å². The van der Waals surface area contributed by atoms with Crippen LogP contribution in [0.1, 0.15) is 5.56 Å². The number of carbonyl (C=O) groups excluding carboxylic acids is 1. The monoisotopic (exact) mass is 326 g/mol. The van der Waals surface area contributed by atoms with Crippen molar-refractivity contribution >= 4 is 16.8 Å². The maximum Gasteiger partial charge on any atom is 0.416 e. The van der Waals surface area contributed by atoms with Gasteiger partial charge in [0, 0.05) is 13.6 Å². The second-order valence-corrected chi connectivity index (χ2v) is 5.28. The van der Waals surface area contributed by atoms with Gasteiger partial charge in [0.2, 0.25) is 0 Å². The standard InChI is InChI=1S/C16H17F3N2O2/c1-21(10-14(22)16(17,18)19)15(23)20-9-11-6-7-12-4-2-3-5-13(12)8-11/h2-8,14,22H,9-10H2,1H3,(H,20,23). The number of alkyl halides is 3. The fraction of sp³-hybridized carbons (Fsp3) is 0.312. The number of urea groups is 1. The van der Waals surface area contributed by atoms with E-state index >= 15 is 0 Å². The number of aliphatic hydroxyl groups excluding tert-OH is 1. The molecule has 0 radical (unpaired) electrons. The lowest BCUT2D eigenvalue weighted by Gasteiger charge is -2.22. The Bertz CT molecular complexity index is 688. The number of carbonyl (C=O) groups is 1. The van der Waals surface area contributed by atoms with E-state index < -0.39 is 24.9 Å². The summed E-state index contributed by atoms with van der Waals surface area (Å²) in [5, 5.41) is 13.6. The van der Waals surface area contributed by atoms with Crippen molar-refractivity contribution in [2.24, 2.45) is 0 Å². The van der Waals surface area contributed by atoms with E-state index in [0.29, 0.717) is 0 Å². The van der Waals surface area contributed by atoms with Crippen molar-refractivity contribution < 1.29 is 23.1 Å². The Morgan fingerprint density at radius 1 is 1.22 bits per heavy atom. The molecule has 0 aliphatic carbocycles. The van der Waals surface area contributed by atoms with E-state index in [1.165, 1.54) is 7.05 Å². The maximum absolute atomic E-state index is 12.3. The van der Waals surface area contributed by atoms with E-state index in [0.717, 1.165) is 21.2 Å². The van der Waals surface area contributed by atoms with E-state index in [4.69, 9.17) is 5.11 Å². The molecule has 0 bridgehead atoms. The Morgan fingerprint density at radius 2 is 1.87 bits per heavy atom. The predicted octanol–water partition coefficient (Wildman–Crippen LogP) is 2.90. The van der Waals surface area contributed by atoms with Gasteiger partial charge >= 0.3 is 12.2 Å². The maximum atomic E-state index is 12.3. The summed E-state index contributed by atoms with van der Waals surface area (Å²) >= 11 is 0. The Balaban J connectivity index is 1.92. The molecule has 0 saturated heterocycles. The van der Waals surface area contributed by atoms with Crippen molar-refractivity contribution in [1.82, 2.24) is 10.2 Å². The van der Waals surface area contributed by atoms with Gasteiger partial charge in [0.1, 0.15) is 0 Å². The number of likely N-dealkylation sites (N-methyl/N-ethyl adjacent to an activating group) is 1. The second kappa shape index (κ2) is 6.87. The smallest absolute Gasteiger partial charge is 0.382 e. The van der Waals surface area contributed by atoms with Crippen LogP contribution in [-0.2, 0) is 6.54 Å². The highest BCUT2D eigenvalue weighted by Crippen LogP contribution is 2.20. The van der Waals surface area contributed by atoms with Gasteiger partial charge in [-0.1, -0.05) is 36.4 Å². The predicted molar refractivity (Wildman–Crippen MR) is 80.9 cm³/mol. The molecule has 2 amide bonds. The average molecular weight is 326 g/mol. The first-order valence-corrected chi connectivity index (χ1v) is 6.99. The molecule has 2 aromatic carbocycles. The van der Waals surface area contributed by atoms with Gasteiger partial charge < -0.3 is 15.3 Å². The molecule has 0 aliphatic rings. The van der Waals surface area contributed by atoms with Crippen molar-refractivity contribution in [2.75, 3.05) is 13.6 Å². The zero-order valence-electron chi connectivity index (χ0n) is 12.5. The number of amides is 2. The lowest BCUT2D eigenvalue weighted by molar-refractivity contribution is -0.205. The van der Waals surface area contributed by atoms with Crippen LogP contribution >= 0.6 is 0 Å². The highest BCUT2D eigenvalue weighted by molar-refractivity contribution is 5.83. The number of benzene rings is 2. The van der Waals surface area contributed by atoms with Gasteiger partial charge in [-0.05, 0) is 22.4 Å². The van der Waals surface area contributed by atoms with Crippen LogP contribution in [-0.4, -0.2) is 41.9 Å². The summed E-state index contributed by atoms with van der Waals surface area (Å²) in [4.78, 5) is 12.6. The summed E-state index contributed by atoms with van der Waals surface area (Å²) in [6, 6.07) is 12.7. The first-order chi connectivity index (χ1) is 10.8. The Morgan fingerprint density at radius 3 is 2.52 bits per heavy atom. The number of aliphatic hydroxyl groups is 1. The molecule has 4 nitrogen and oxygen atoms in total. The number of fused-ring (bicyclic) bond motifs is 1. The molecule has 7 heteroatoms. The van der Waals surface area contributed by atoms with Gasteiger partial charge in [0.05, 0.1) is 6.54 Å². The van der Waals surface area contributed by atoms with Gasteiger partial charge in [-0.15, -0.1) is 0 Å². The molecule has 1 unspecified atom stereocenters. The summed E-state index contributed by atoms with van der Waals surface area (Å²) in [6.45, 7) is -0.622. The minimum Gasteiger partial charge on any atom is -0.382 e. The highest BCUT2D eigenvalue weighted by atomic mass is 19.4. The zero-order valence-corrected chi connectivity index (χ0v) is 12.5. The number of hydrogen-bond acceptors (Lipinski definition) is 2. The molecule has 0 saturated carbocycles. The summed E-state index contributed by atoms with van der Waals surface area (Å²) in [7, 11) is 1.20. The normalized spacial score (nSPS) is 12.9. The average Bonchev–Trinajstić information content (AvgIpc) is 2.51. The second-order valence-electron chi connectivity index (χ2n) is 5.28. The van der Waals surface area contributed by atoms with Crippen LogP contribution in [0.25, 0.3) is 10.8 Å². The first kappa shape index (κ1) is 17.1. The molecular weight excluding hydrogens is 309 g/mol. The lowest BCUT2D eigenvalue weighted by atomic mass is 10.1. The topological polar surface area (TPSA) is 52.6 Å². The number of nitrogens with one attached hydrogen (secondary N) is 1. The van der Waals surface area contributed by atoms with Crippen molar-refractivity contribution in [3.63, 3.8) is 0 Å². The van der Waals surface area contributed by atoms with E-state index in [1.54, 1.807) is 0 Å². The van der Waals surface area contributed by atoms with Gasteiger partial charge in [0.15, 0.2) is 6.10 Å².